The van der Waals surface area contributed by atoms with Crippen LogP contribution in [0.25, 0.3) is 0 Å². The molecule has 110 valence electrons. The first-order valence-electron chi connectivity index (χ1n) is 7.16. The quantitative estimate of drug-likeness (QED) is 0.823. The summed E-state index contributed by atoms with van der Waals surface area (Å²) in [6.45, 7) is 2.30. The summed E-state index contributed by atoms with van der Waals surface area (Å²) in [5, 5.41) is 12.2. The highest BCUT2D eigenvalue weighted by Gasteiger charge is 2.51. The first-order valence-corrected chi connectivity index (χ1v) is 7.16. The molecule has 0 radical (unpaired) electrons. The van der Waals surface area contributed by atoms with Gasteiger partial charge in [0.25, 0.3) is 0 Å². The summed E-state index contributed by atoms with van der Waals surface area (Å²) < 4.78 is 0. The maximum absolute atomic E-state index is 12.4. The number of aromatic nitrogens is 1. The molecule has 3 rings (SSSR count). The van der Waals surface area contributed by atoms with Gasteiger partial charge in [-0.15, -0.1) is 0 Å². The lowest BCUT2D eigenvalue weighted by Gasteiger charge is -2.23. The average Bonchev–Trinajstić information content (AvgIpc) is 3.05. The summed E-state index contributed by atoms with van der Waals surface area (Å²) in [6.07, 6.45) is 6.42. The van der Waals surface area contributed by atoms with Crippen LogP contribution in [0.15, 0.2) is 30.5 Å². The summed E-state index contributed by atoms with van der Waals surface area (Å²) in [5.74, 6) is -1.98. The van der Waals surface area contributed by atoms with E-state index in [-0.39, 0.29) is 17.7 Å². The minimum atomic E-state index is -0.869. The lowest BCUT2D eigenvalue weighted by molar-refractivity contribution is -0.147. The Labute approximate surface area is 123 Å². The third kappa shape index (κ3) is 2.55. The van der Waals surface area contributed by atoms with Crippen LogP contribution < -0.4 is 5.32 Å². The SMILES string of the molecule is Cc1cc(CNC(=O)[C@H]2[C@@H](C(=O)O)[C@H]3C=C[C@@H]2C3)ccn1. The van der Waals surface area contributed by atoms with E-state index in [4.69, 9.17) is 0 Å². The predicted octanol–water partition coefficient (Wildman–Crippen LogP) is 1.53. The molecular weight excluding hydrogens is 268 g/mol. The van der Waals surface area contributed by atoms with E-state index < -0.39 is 17.8 Å². The number of hydrogen-bond acceptors (Lipinski definition) is 3. The molecule has 0 aliphatic heterocycles. The number of aryl methyl sites for hydroxylation is 1. The first kappa shape index (κ1) is 13.8. The van der Waals surface area contributed by atoms with Crippen LogP contribution in [0.4, 0.5) is 0 Å². The minimum absolute atomic E-state index is 0.00594. The standard InChI is InChI=1S/C16H18N2O3/c1-9-6-10(4-5-17-9)8-18-15(19)13-11-2-3-12(7-11)14(13)16(20)21/h2-6,11-14H,7-8H2,1H3,(H,18,19)(H,20,21)/t11-,12+,13-,14+/m1/s1. The van der Waals surface area contributed by atoms with Gasteiger partial charge in [0, 0.05) is 18.4 Å². The Bertz CT molecular complexity index is 611. The van der Waals surface area contributed by atoms with Gasteiger partial charge in [-0.1, -0.05) is 12.2 Å². The van der Waals surface area contributed by atoms with Crippen molar-refractivity contribution in [2.75, 3.05) is 0 Å². The summed E-state index contributed by atoms with van der Waals surface area (Å²) in [4.78, 5) is 27.9. The van der Waals surface area contributed by atoms with Crippen molar-refractivity contribution in [3.8, 4) is 0 Å². The number of carbonyl (C=O) groups is 2. The minimum Gasteiger partial charge on any atom is -0.481 e. The molecule has 5 heteroatoms. The Hall–Kier alpha value is -2.17. The Morgan fingerprint density at radius 1 is 1.33 bits per heavy atom. The van der Waals surface area contributed by atoms with Crippen molar-refractivity contribution in [3.05, 3.63) is 41.7 Å². The van der Waals surface area contributed by atoms with Crippen molar-refractivity contribution in [2.45, 2.75) is 19.9 Å². The van der Waals surface area contributed by atoms with Gasteiger partial charge < -0.3 is 10.4 Å². The zero-order valence-corrected chi connectivity index (χ0v) is 11.8. The molecule has 1 aromatic rings. The molecule has 2 bridgehead atoms. The van der Waals surface area contributed by atoms with E-state index >= 15 is 0 Å². The summed E-state index contributed by atoms with van der Waals surface area (Å²) in [5.41, 5.74) is 1.87. The first-order chi connectivity index (χ1) is 10.1. The molecule has 1 heterocycles. The van der Waals surface area contributed by atoms with Crippen LogP contribution in [-0.4, -0.2) is 22.0 Å². The molecule has 1 saturated carbocycles. The van der Waals surface area contributed by atoms with Crippen LogP contribution in [0.3, 0.4) is 0 Å². The van der Waals surface area contributed by atoms with E-state index in [2.05, 4.69) is 10.3 Å². The summed E-state index contributed by atoms with van der Waals surface area (Å²) in [7, 11) is 0. The number of aliphatic carboxylic acids is 1. The Kier molecular flexibility index (Phi) is 3.49. The molecule has 2 N–H and O–H groups in total. The fourth-order valence-electron chi connectivity index (χ4n) is 3.54. The van der Waals surface area contributed by atoms with Gasteiger partial charge in [-0.05, 0) is 42.9 Å². The normalized spacial score (nSPS) is 29.6. The van der Waals surface area contributed by atoms with Crippen LogP contribution in [0.5, 0.6) is 0 Å². The number of hydrogen-bond donors (Lipinski definition) is 2. The van der Waals surface area contributed by atoms with Crippen LogP contribution in [-0.2, 0) is 16.1 Å². The molecular formula is C16H18N2O3. The Balaban J connectivity index is 1.68. The predicted molar refractivity (Wildman–Crippen MR) is 76.2 cm³/mol. The van der Waals surface area contributed by atoms with Gasteiger partial charge in [0.05, 0.1) is 11.8 Å². The van der Waals surface area contributed by atoms with Crippen molar-refractivity contribution < 1.29 is 14.7 Å². The number of carboxylic acids is 1. The van der Waals surface area contributed by atoms with Gasteiger partial charge in [-0.3, -0.25) is 14.6 Å². The molecule has 2 aliphatic rings. The van der Waals surface area contributed by atoms with Gasteiger partial charge in [-0.25, -0.2) is 0 Å². The van der Waals surface area contributed by atoms with E-state index in [1.807, 2.05) is 31.2 Å². The molecule has 2 aliphatic carbocycles. The van der Waals surface area contributed by atoms with Gasteiger partial charge in [0.1, 0.15) is 0 Å². The molecule has 1 amide bonds. The number of fused-ring (bicyclic) bond motifs is 2. The Morgan fingerprint density at radius 2 is 2.05 bits per heavy atom. The summed E-state index contributed by atoms with van der Waals surface area (Å²) >= 11 is 0. The van der Waals surface area contributed by atoms with E-state index in [1.54, 1.807) is 6.20 Å². The second-order valence-electron chi connectivity index (χ2n) is 5.86. The number of carboxylic acid groups (broad SMARTS) is 1. The van der Waals surface area contributed by atoms with Crippen LogP contribution >= 0.6 is 0 Å². The van der Waals surface area contributed by atoms with E-state index in [0.717, 1.165) is 17.7 Å². The van der Waals surface area contributed by atoms with Gasteiger partial charge in [0.15, 0.2) is 0 Å². The summed E-state index contributed by atoms with van der Waals surface area (Å²) in [6, 6.07) is 3.76. The number of nitrogens with zero attached hydrogens (tertiary/aromatic N) is 1. The zero-order valence-electron chi connectivity index (χ0n) is 11.8. The molecule has 21 heavy (non-hydrogen) atoms. The molecule has 5 nitrogen and oxygen atoms in total. The largest absolute Gasteiger partial charge is 0.481 e. The van der Waals surface area contributed by atoms with E-state index in [1.165, 1.54) is 0 Å². The van der Waals surface area contributed by atoms with Crippen LogP contribution in [0.2, 0.25) is 0 Å². The van der Waals surface area contributed by atoms with Crippen molar-refractivity contribution in [3.63, 3.8) is 0 Å². The number of nitrogens with one attached hydrogen (secondary N) is 1. The molecule has 0 unspecified atom stereocenters. The highest BCUT2D eigenvalue weighted by atomic mass is 16.4. The maximum Gasteiger partial charge on any atom is 0.307 e. The molecule has 0 aromatic carbocycles. The van der Waals surface area contributed by atoms with E-state index in [9.17, 15) is 14.7 Å². The number of carbonyl (C=O) groups excluding carboxylic acids is 1. The number of rotatable bonds is 4. The number of allylic oxidation sites excluding steroid dienone is 2. The highest BCUT2D eigenvalue weighted by molar-refractivity contribution is 5.86. The molecule has 1 aromatic heterocycles. The van der Waals surface area contributed by atoms with Gasteiger partial charge in [-0.2, -0.15) is 0 Å². The zero-order chi connectivity index (χ0) is 15.0. The lowest BCUT2D eigenvalue weighted by atomic mass is 9.82. The van der Waals surface area contributed by atoms with Crippen molar-refractivity contribution in [1.29, 1.82) is 0 Å². The molecule has 0 spiro atoms. The molecule has 4 atom stereocenters. The molecule has 0 saturated heterocycles. The highest BCUT2D eigenvalue weighted by Crippen LogP contribution is 2.48. The number of pyridine rings is 1. The maximum atomic E-state index is 12.4. The van der Waals surface area contributed by atoms with Gasteiger partial charge >= 0.3 is 5.97 Å². The lowest BCUT2D eigenvalue weighted by Crippen LogP contribution is -2.39. The third-order valence-electron chi connectivity index (χ3n) is 4.47. The fourth-order valence-corrected chi connectivity index (χ4v) is 3.54. The fraction of sp³-hybridized carbons (Fsp3) is 0.438. The smallest absolute Gasteiger partial charge is 0.307 e. The monoisotopic (exact) mass is 286 g/mol. The van der Waals surface area contributed by atoms with Crippen molar-refractivity contribution in [2.24, 2.45) is 23.7 Å². The average molecular weight is 286 g/mol. The van der Waals surface area contributed by atoms with Gasteiger partial charge in [0.2, 0.25) is 5.91 Å². The second kappa shape index (κ2) is 5.31. The van der Waals surface area contributed by atoms with Crippen LogP contribution in [0, 0.1) is 30.6 Å². The third-order valence-corrected chi connectivity index (χ3v) is 4.47. The van der Waals surface area contributed by atoms with E-state index in [0.29, 0.717) is 6.54 Å². The second-order valence-corrected chi connectivity index (χ2v) is 5.86. The topological polar surface area (TPSA) is 79.3 Å². The number of amides is 1. The Morgan fingerprint density at radius 3 is 2.71 bits per heavy atom. The van der Waals surface area contributed by atoms with Crippen LogP contribution in [0.1, 0.15) is 17.7 Å². The van der Waals surface area contributed by atoms with Crippen molar-refractivity contribution >= 4 is 11.9 Å². The van der Waals surface area contributed by atoms with Crippen molar-refractivity contribution in [1.82, 2.24) is 10.3 Å². The molecule has 1 fully saturated rings.